The van der Waals surface area contributed by atoms with E-state index in [0.717, 1.165) is 27.2 Å². The predicted octanol–water partition coefficient (Wildman–Crippen LogP) is 5.82. The Kier molecular flexibility index (Phi) is 6.05. The first-order valence-electron chi connectivity index (χ1n) is 10.7. The average Bonchev–Trinajstić information content (AvgIpc) is 3.41. The zero-order valence-electron chi connectivity index (χ0n) is 18.4. The van der Waals surface area contributed by atoms with Gasteiger partial charge in [-0.15, -0.1) is 11.3 Å². The Morgan fingerprint density at radius 3 is 2.74 bits per heavy atom. The summed E-state index contributed by atoms with van der Waals surface area (Å²) in [4.78, 5) is 18.7. The third-order valence-corrected chi connectivity index (χ3v) is 6.43. The molecule has 3 heterocycles. The molecule has 5 aromatic rings. The maximum absolute atomic E-state index is 13.2. The monoisotopic (exact) mass is 472 g/mol. The Morgan fingerprint density at radius 1 is 1.09 bits per heavy atom. The largest absolute Gasteiger partial charge is 0.487 e. The number of nitrogens with one attached hydrogen (secondary N) is 1. The fraction of sp³-hybridized carbons (Fsp3) is 0.115. The van der Waals surface area contributed by atoms with Crippen molar-refractivity contribution in [2.45, 2.75) is 20.1 Å². The molecule has 3 aromatic heterocycles. The van der Waals surface area contributed by atoms with Crippen molar-refractivity contribution in [3.8, 4) is 5.75 Å². The molecular weight excluding hydrogens is 451 g/mol. The molecule has 2 aromatic carbocycles. The number of carbonyl (C=O) groups is 1. The highest BCUT2D eigenvalue weighted by Crippen LogP contribution is 2.30. The molecule has 6 nitrogen and oxygen atoms in total. The third-order valence-electron chi connectivity index (χ3n) is 5.28. The summed E-state index contributed by atoms with van der Waals surface area (Å²) in [5.74, 6) is 0.174. The lowest BCUT2D eigenvalue weighted by Gasteiger charge is -2.08. The number of nitrogens with zero attached hydrogens (tertiary/aromatic N) is 3. The van der Waals surface area contributed by atoms with Crippen molar-refractivity contribution in [2.24, 2.45) is 0 Å². The van der Waals surface area contributed by atoms with E-state index in [9.17, 15) is 9.18 Å². The molecule has 0 bridgehead atoms. The van der Waals surface area contributed by atoms with Gasteiger partial charge in [0.15, 0.2) is 0 Å². The number of benzene rings is 2. The van der Waals surface area contributed by atoms with Gasteiger partial charge in [-0.2, -0.15) is 5.10 Å². The Hall–Kier alpha value is -4.04. The van der Waals surface area contributed by atoms with Gasteiger partial charge in [-0.25, -0.2) is 4.39 Å². The molecule has 0 saturated carbocycles. The van der Waals surface area contributed by atoms with E-state index in [4.69, 9.17) is 4.74 Å². The highest BCUT2D eigenvalue weighted by Gasteiger charge is 2.17. The second-order valence-corrected chi connectivity index (χ2v) is 8.82. The van der Waals surface area contributed by atoms with Crippen molar-refractivity contribution in [3.63, 3.8) is 0 Å². The molecule has 8 heteroatoms. The lowest BCUT2D eigenvalue weighted by molar-refractivity contribution is 0.103. The molecule has 1 N–H and O–H groups in total. The van der Waals surface area contributed by atoms with Crippen molar-refractivity contribution in [3.05, 3.63) is 107 Å². The molecule has 1 amide bonds. The second kappa shape index (κ2) is 9.44. The molecule has 0 radical (unpaired) electrons. The lowest BCUT2D eigenvalue weighted by Crippen LogP contribution is -2.10. The first kappa shape index (κ1) is 21.8. The standard InChI is InChI=1S/C26H21FN4O2S/c1-17-23-14-24(34-26(23)31(30-17)15-18-8-10-19(27)11-9-18)25(32)29-20-6-4-7-22(13-20)33-16-21-5-2-3-12-28-21/h2-14H,15-16H2,1H3,(H,29,32). The maximum atomic E-state index is 13.2. The highest BCUT2D eigenvalue weighted by atomic mass is 32.1. The molecule has 0 atom stereocenters. The molecule has 0 unspecified atom stereocenters. The Balaban J connectivity index is 1.30. The van der Waals surface area contributed by atoms with Gasteiger partial charge in [0.2, 0.25) is 0 Å². The number of hydrogen-bond donors (Lipinski definition) is 1. The Labute approximate surface area is 199 Å². The summed E-state index contributed by atoms with van der Waals surface area (Å²) >= 11 is 1.38. The molecule has 34 heavy (non-hydrogen) atoms. The van der Waals surface area contributed by atoms with Crippen molar-refractivity contribution >= 4 is 33.1 Å². The quantitative estimate of drug-likeness (QED) is 0.324. The van der Waals surface area contributed by atoms with E-state index < -0.39 is 0 Å². The molecule has 0 aliphatic heterocycles. The van der Waals surface area contributed by atoms with Crippen LogP contribution in [0.2, 0.25) is 0 Å². The number of aryl methyl sites for hydroxylation is 1. The summed E-state index contributed by atoms with van der Waals surface area (Å²) in [7, 11) is 0. The van der Waals surface area contributed by atoms with Gasteiger partial charge in [0.05, 0.1) is 22.8 Å². The number of amides is 1. The van der Waals surface area contributed by atoms with Crippen LogP contribution in [0.5, 0.6) is 5.75 Å². The molecule has 0 aliphatic carbocycles. The number of fused-ring (bicyclic) bond motifs is 1. The van der Waals surface area contributed by atoms with Crippen LogP contribution in [0.1, 0.15) is 26.6 Å². The average molecular weight is 473 g/mol. The minimum atomic E-state index is -0.271. The number of carbonyl (C=O) groups excluding carboxylic acids is 1. The number of ether oxygens (including phenoxy) is 1. The number of pyridine rings is 1. The van der Waals surface area contributed by atoms with Gasteiger partial charge < -0.3 is 10.1 Å². The van der Waals surface area contributed by atoms with Gasteiger partial charge in [0.1, 0.15) is 23.0 Å². The molecule has 0 aliphatic rings. The fourth-order valence-corrected chi connectivity index (χ4v) is 4.65. The molecule has 0 saturated heterocycles. The zero-order valence-corrected chi connectivity index (χ0v) is 19.2. The van der Waals surface area contributed by atoms with Gasteiger partial charge in [-0.1, -0.05) is 24.3 Å². The van der Waals surface area contributed by atoms with Gasteiger partial charge in [-0.3, -0.25) is 14.5 Å². The van der Waals surface area contributed by atoms with Crippen molar-refractivity contribution in [1.82, 2.24) is 14.8 Å². The SMILES string of the molecule is Cc1nn(Cc2ccc(F)cc2)c2sc(C(=O)Nc3cccc(OCc4ccccn4)c3)cc12. The van der Waals surface area contributed by atoms with Crippen molar-refractivity contribution in [1.29, 1.82) is 0 Å². The van der Waals surface area contributed by atoms with Crippen LogP contribution >= 0.6 is 11.3 Å². The van der Waals surface area contributed by atoms with Crippen LogP contribution in [0.4, 0.5) is 10.1 Å². The number of rotatable bonds is 7. The number of anilines is 1. The lowest BCUT2D eigenvalue weighted by atomic mass is 10.2. The van der Waals surface area contributed by atoms with Gasteiger partial charge in [0, 0.05) is 23.3 Å². The fourth-order valence-electron chi connectivity index (χ4n) is 3.59. The van der Waals surface area contributed by atoms with E-state index in [1.165, 1.54) is 23.5 Å². The summed E-state index contributed by atoms with van der Waals surface area (Å²) in [6.45, 7) is 2.76. The maximum Gasteiger partial charge on any atom is 0.265 e. The summed E-state index contributed by atoms with van der Waals surface area (Å²) < 4.78 is 20.9. The minimum absolute atomic E-state index is 0.198. The number of thiophene rings is 1. The summed E-state index contributed by atoms with van der Waals surface area (Å²) in [5.41, 5.74) is 3.25. The second-order valence-electron chi connectivity index (χ2n) is 7.79. The molecule has 170 valence electrons. The Bertz CT molecular complexity index is 1450. The van der Waals surface area contributed by atoms with E-state index in [-0.39, 0.29) is 11.7 Å². The zero-order chi connectivity index (χ0) is 23.5. The van der Waals surface area contributed by atoms with Crippen LogP contribution in [0.15, 0.2) is 79.0 Å². The van der Waals surface area contributed by atoms with Gasteiger partial charge in [0.25, 0.3) is 5.91 Å². The smallest absolute Gasteiger partial charge is 0.265 e. The van der Waals surface area contributed by atoms with E-state index in [2.05, 4.69) is 15.4 Å². The number of aromatic nitrogens is 3. The minimum Gasteiger partial charge on any atom is -0.487 e. The first-order valence-corrected chi connectivity index (χ1v) is 11.5. The third kappa shape index (κ3) is 4.82. The van der Waals surface area contributed by atoms with Crippen LogP contribution in [0.25, 0.3) is 10.2 Å². The molecular formula is C26H21FN4O2S. The van der Waals surface area contributed by atoms with Crippen LogP contribution in [-0.4, -0.2) is 20.7 Å². The van der Waals surface area contributed by atoms with Gasteiger partial charge >= 0.3 is 0 Å². The molecule has 0 fully saturated rings. The van der Waals surface area contributed by atoms with E-state index in [1.807, 2.05) is 54.1 Å². The molecule has 5 rings (SSSR count). The normalized spacial score (nSPS) is 11.0. The summed E-state index contributed by atoms with van der Waals surface area (Å²) in [6.07, 6.45) is 1.72. The topological polar surface area (TPSA) is 69.0 Å². The van der Waals surface area contributed by atoms with Crippen molar-refractivity contribution < 1.29 is 13.9 Å². The van der Waals surface area contributed by atoms with E-state index >= 15 is 0 Å². The molecule has 0 spiro atoms. The van der Waals surface area contributed by atoms with Gasteiger partial charge in [-0.05, 0) is 55.0 Å². The Morgan fingerprint density at radius 2 is 1.94 bits per heavy atom. The first-order chi connectivity index (χ1) is 16.5. The van der Waals surface area contributed by atoms with Crippen LogP contribution < -0.4 is 10.1 Å². The number of hydrogen-bond acceptors (Lipinski definition) is 5. The summed E-state index contributed by atoms with van der Waals surface area (Å²) in [6, 6.07) is 21.1. The number of halogens is 1. The van der Waals surface area contributed by atoms with Crippen LogP contribution in [0.3, 0.4) is 0 Å². The summed E-state index contributed by atoms with van der Waals surface area (Å²) in [5, 5.41) is 8.47. The van der Waals surface area contributed by atoms with Crippen molar-refractivity contribution in [2.75, 3.05) is 5.32 Å². The predicted molar refractivity (Wildman–Crippen MR) is 131 cm³/mol. The highest BCUT2D eigenvalue weighted by molar-refractivity contribution is 7.20. The van der Waals surface area contributed by atoms with E-state index in [1.54, 1.807) is 24.4 Å². The van der Waals surface area contributed by atoms with Crippen LogP contribution in [-0.2, 0) is 13.2 Å². The van der Waals surface area contributed by atoms with Crippen LogP contribution in [0, 0.1) is 12.7 Å². The van der Waals surface area contributed by atoms with E-state index in [0.29, 0.717) is 29.5 Å².